The Morgan fingerprint density at radius 3 is 2.69 bits per heavy atom. The van der Waals surface area contributed by atoms with Gasteiger partial charge < -0.3 is 10.2 Å². The molecule has 3 aromatic rings. The summed E-state index contributed by atoms with van der Waals surface area (Å²) in [6.07, 6.45) is -2.76. The zero-order valence-corrected chi connectivity index (χ0v) is 16.5. The number of nitrogens with zero attached hydrogens (tertiary/aromatic N) is 2. The standard InChI is InChI=1S/C20H15ClF3N3OS/c21-18-6-3-15(29-18)11-27-8-7-12-9-14(2-4-16(12)27)26-19(28)13-1-5-17(25-10-13)20(22,23)24/h1-6,9-10H,7-8,11H2,(H,26,28). The van der Waals surface area contributed by atoms with Gasteiger partial charge in [0, 0.05) is 29.0 Å². The molecular formula is C20H15ClF3N3OS. The van der Waals surface area contributed by atoms with E-state index in [4.69, 9.17) is 11.6 Å². The fourth-order valence-corrected chi connectivity index (χ4v) is 4.34. The summed E-state index contributed by atoms with van der Waals surface area (Å²) in [5.41, 5.74) is 1.84. The zero-order valence-electron chi connectivity index (χ0n) is 15.0. The minimum atomic E-state index is -4.53. The molecule has 9 heteroatoms. The van der Waals surface area contributed by atoms with Crippen molar-refractivity contribution in [2.24, 2.45) is 0 Å². The molecule has 0 unspecified atom stereocenters. The Bertz CT molecular complexity index is 1050. The number of benzene rings is 1. The lowest BCUT2D eigenvalue weighted by atomic mass is 10.1. The molecule has 0 bridgehead atoms. The van der Waals surface area contributed by atoms with E-state index in [2.05, 4.69) is 15.2 Å². The van der Waals surface area contributed by atoms with E-state index in [9.17, 15) is 18.0 Å². The third kappa shape index (κ3) is 4.38. The first kappa shape index (κ1) is 19.7. The summed E-state index contributed by atoms with van der Waals surface area (Å²) >= 11 is 7.55. The third-order valence-electron chi connectivity index (χ3n) is 4.62. The second kappa shape index (κ2) is 7.68. The minimum absolute atomic E-state index is 0.0645. The molecule has 0 aliphatic carbocycles. The molecule has 1 N–H and O–H groups in total. The molecule has 29 heavy (non-hydrogen) atoms. The van der Waals surface area contributed by atoms with Crippen molar-refractivity contribution in [2.75, 3.05) is 16.8 Å². The molecule has 4 nitrogen and oxygen atoms in total. The summed E-state index contributed by atoms with van der Waals surface area (Å²) in [5.74, 6) is -0.505. The number of alkyl halides is 3. The van der Waals surface area contributed by atoms with Gasteiger partial charge in [0.05, 0.1) is 16.4 Å². The van der Waals surface area contributed by atoms with Crippen LogP contribution in [-0.2, 0) is 19.1 Å². The summed E-state index contributed by atoms with van der Waals surface area (Å²) in [7, 11) is 0. The molecule has 0 saturated carbocycles. The lowest BCUT2D eigenvalue weighted by Gasteiger charge is -2.18. The van der Waals surface area contributed by atoms with Gasteiger partial charge in [-0.1, -0.05) is 11.6 Å². The van der Waals surface area contributed by atoms with Gasteiger partial charge in [0.25, 0.3) is 5.91 Å². The van der Waals surface area contributed by atoms with E-state index in [-0.39, 0.29) is 5.56 Å². The molecule has 1 amide bonds. The van der Waals surface area contributed by atoms with Gasteiger partial charge in [0.15, 0.2) is 0 Å². The molecule has 2 aromatic heterocycles. The van der Waals surface area contributed by atoms with E-state index in [1.165, 1.54) is 4.88 Å². The average Bonchev–Trinajstić information content (AvgIpc) is 3.27. The summed E-state index contributed by atoms with van der Waals surface area (Å²) in [5, 5.41) is 2.72. The van der Waals surface area contributed by atoms with Crippen LogP contribution in [0.4, 0.5) is 24.5 Å². The Hall–Kier alpha value is -2.58. The molecule has 0 fully saturated rings. The first-order valence-electron chi connectivity index (χ1n) is 8.76. The molecule has 3 heterocycles. The number of thiophene rings is 1. The molecule has 0 spiro atoms. The van der Waals surface area contributed by atoms with Crippen LogP contribution in [-0.4, -0.2) is 17.4 Å². The zero-order chi connectivity index (χ0) is 20.6. The Balaban J connectivity index is 1.45. The SMILES string of the molecule is O=C(Nc1ccc2c(c1)CCN2Cc1ccc(Cl)s1)c1ccc(C(F)(F)F)nc1. The Labute approximate surface area is 173 Å². The lowest BCUT2D eigenvalue weighted by Crippen LogP contribution is -2.18. The first-order chi connectivity index (χ1) is 13.8. The van der Waals surface area contributed by atoms with Crippen molar-refractivity contribution in [3.63, 3.8) is 0 Å². The van der Waals surface area contributed by atoms with Crippen LogP contribution in [0, 0.1) is 0 Å². The summed E-state index contributed by atoms with van der Waals surface area (Å²) < 4.78 is 38.5. The van der Waals surface area contributed by atoms with Gasteiger partial charge in [0.2, 0.25) is 0 Å². The van der Waals surface area contributed by atoms with Crippen LogP contribution in [0.15, 0.2) is 48.7 Å². The molecule has 150 valence electrons. The van der Waals surface area contributed by atoms with Gasteiger partial charge in [-0.05, 0) is 54.4 Å². The molecule has 1 aromatic carbocycles. The number of fused-ring (bicyclic) bond motifs is 1. The number of aromatic nitrogens is 1. The molecule has 0 atom stereocenters. The van der Waals surface area contributed by atoms with Crippen LogP contribution >= 0.6 is 22.9 Å². The molecule has 0 radical (unpaired) electrons. The smallest absolute Gasteiger partial charge is 0.366 e. The predicted molar refractivity (Wildman–Crippen MR) is 108 cm³/mol. The number of rotatable bonds is 4. The molecule has 1 aliphatic heterocycles. The highest BCUT2D eigenvalue weighted by Crippen LogP contribution is 2.33. The van der Waals surface area contributed by atoms with Gasteiger partial charge in [-0.3, -0.25) is 9.78 Å². The van der Waals surface area contributed by atoms with Crippen molar-refractivity contribution in [1.82, 2.24) is 4.98 Å². The first-order valence-corrected chi connectivity index (χ1v) is 9.96. The number of nitrogens with one attached hydrogen (secondary N) is 1. The Morgan fingerprint density at radius 1 is 1.21 bits per heavy atom. The molecular weight excluding hydrogens is 423 g/mol. The van der Waals surface area contributed by atoms with E-state index < -0.39 is 17.8 Å². The number of carbonyl (C=O) groups is 1. The average molecular weight is 438 g/mol. The highest BCUT2D eigenvalue weighted by Gasteiger charge is 2.32. The highest BCUT2D eigenvalue weighted by atomic mass is 35.5. The van der Waals surface area contributed by atoms with Gasteiger partial charge in [-0.2, -0.15) is 13.2 Å². The number of hydrogen-bond acceptors (Lipinski definition) is 4. The second-order valence-corrected chi connectivity index (χ2v) is 8.40. The van der Waals surface area contributed by atoms with Crippen molar-refractivity contribution in [2.45, 2.75) is 19.1 Å². The maximum absolute atomic E-state index is 12.6. The predicted octanol–water partition coefficient (Wildman–Crippen LogP) is 5.63. The van der Waals surface area contributed by atoms with Crippen molar-refractivity contribution in [3.8, 4) is 0 Å². The highest BCUT2D eigenvalue weighted by molar-refractivity contribution is 7.16. The van der Waals surface area contributed by atoms with Crippen molar-refractivity contribution in [3.05, 3.63) is 74.7 Å². The number of halogens is 4. The quantitative estimate of drug-likeness (QED) is 0.575. The van der Waals surface area contributed by atoms with Crippen LogP contribution in [0.2, 0.25) is 4.34 Å². The third-order valence-corrected chi connectivity index (χ3v) is 5.84. The molecule has 1 aliphatic rings. The largest absolute Gasteiger partial charge is 0.433 e. The minimum Gasteiger partial charge on any atom is -0.366 e. The van der Waals surface area contributed by atoms with E-state index in [0.29, 0.717) is 5.69 Å². The van der Waals surface area contributed by atoms with Gasteiger partial charge in [0.1, 0.15) is 5.69 Å². The maximum Gasteiger partial charge on any atom is 0.433 e. The van der Waals surface area contributed by atoms with Gasteiger partial charge in [-0.15, -0.1) is 11.3 Å². The van der Waals surface area contributed by atoms with Crippen LogP contribution in [0.5, 0.6) is 0 Å². The van der Waals surface area contributed by atoms with E-state index in [1.807, 2.05) is 24.3 Å². The second-order valence-electron chi connectivity index (χ2n) is 6.60. The molecule has 4 rings (SSSR count). The van der Waals surface area contributed by atoms with Crippen molar-refractivity contribution in [1.29, 1.82) is 0 Å². The van der Waals surface area contributed by atoms with Crippen LogP contribution in [0.1, 0.15) is 26.5 Å². The monoisotopic (exact) mass is 437 g/mol. The fourth-order valence-electron chi connectivity index (χ4n) is 3.24. The van der Waals surface area contributed by atoms with E-state index in [0.717, 1.165) is 53.4 Å². The number of carbonyl (C=O) groups excluding carboxylic acids is 1. The Kier molecular flexibility index (Phi) is 5.23. The number of hydrogen-bond donors (Lipinski definition) is 1. The van der Waals surface area contributed by atoms with Gasteiger partial charge in [-0.25, -0.2) is 0 Å². The van der Waals surface area contributed by atoms with Crippen molar-refractivity contribution >= 4 is 40.2 Å². The topological polar surface area (TPSA) is 45.2 Å². The maximum atomic E-state index is 12.6. The summed E-state index contributed by atoms with van der Waals surface area (Å²) in [6, 6.07) is 11.4. The van der Waals surface area contributed by atoms with E-state index >= 15 is 0 Å². The van der Waals surface area contributed by atoms with Crippen molar-refractivity contribution < 1.29 is 18.0 Å². The van der Waals surface area contributed by atoms with E-state index in [1.54, 1.807) is 17.4 Å². The Morgan fingerprint density at radius 2 is 2.03 bits per heavy atom. The van der Waals surface area contributed by atoms with Crippen LogP contribution in [0.3, 0.4) is 0 Å². The normalized spacial score (nSPS) is 13.4. The van der Waals surface area contributed by atoms with Crippen LogP contribution in [0.25, 0.3) is 0 Å². The number of amides is 1. The number of pyridine rings is 1. The number of anilines is 2. The fraction of sp³-hybridized carbons (Fsp3) is 0.200. The summed E-state index contributed by atoms with van der Waals surface area (Å²) in [6.45, 7) is 1.64. The van der Waals surface area contributed by atoms with Crippen LogP contribution < -0.4 is 10.2 Å². The lowest BCUT2D eigenvalue weighted by molar-refractivity contribution is -0.141. The molecule has 0 saturated heterocycles. The van der Waals surface area contributed by atoms with Gasteiger partial charge >= 0.3 is 6.18 Å². The summed E-state index contributed by atoms with van der Waals surface area (Å²) in [4.78, 5) is 19.1.